The highest BCUT2D eigenvalue weighted by molar-refractivity contribution is 7.88. The number of fused-ring (bicyclic) bond motifs is 1. The second-order valence-corrected chi connectivity index (χ2v) is 7.91. The average molecular weight is 331 g/mol. The molecule has 1 atom stereocenters. The van der Waals surface area contributed by atoms with Crippen molar-refractivity contribution in [1.29, 1.82) is 0 Å². The Morgan fingerprint density at radius 1 is 1.04 bits per heavy atom. The fourth-order valence-electron chi connectivity index (χ4n) is 3.16. The third-order valence-electron chi connectivity index (χ3n) is 4.34. The zero-order valence-corrected chi connectivity index (χ0v) is 13.7. The zero-order chi connectivity index (χ0) is 16.3. The van der Waals surface area contributed by atoms with Crippen LogP contribution in [-0.2, 0) is 27.8 Å². The second-order valence-electron chi connectivity index (χ2n) is 6.11. The summed E-state index contributed by atoms with van der Waals surface area (Å²) in [6, 6.07) is 16.8. The molecule has 122 valence electrons. The van der Waals surface area contributed by atoms with Crippen molar-refractivity contribution in [3.8, 4) is 0 Å². The first-order valence-corrected chi connectivity index (χ1v) is 9.46. The van der Waals surface area contributed by atoms with Gasteiger partial charge in [-0.05, 0) is 36.0 Å². The Balaban J connectivity index is 1.73. The summed E-state index contributed by atoms with van der Waals surface area (Å²) in [5.41, 5.74) is 1.55. The molecule has 0 radical (unpaired) electrons. The molecule has 0 saturated carbocycles. The van der Waals surface area contributed by atoms with Crippen molar-refractivity contribution in [1.82, 2.24) is 4.72 Å². The summed E-state index contributed by atoms with van der Waals surface area (Å²) in [6.45, 7) is 0.0131. The molecule has 0 heterocycles. The van der Waals surface area contributed by atoms with E-state index in [0.717, 1.165) is 29.5 Å². The highest BCUT2D eigenvalue weighted by Crippen LogP contribution is 2.34. The predicted octanol–water partition coefficient (Wildman–Crippen LogP) is 2.33. The summed E-state index contributed by atoms with van der Waals surface area (Å²) in [5, 5.41) is 10.9. The van der Waals surface area contributed by atoms with Gasteiger partial charge in [-0.15, -0.1) is 0 Å². The number of nitrogens with one attached hydrogen (secondary N) is 1. The molecule has 1 unspecified atom stereocenters. The van der Waals surface area contributed by atoms with E-state index >= 15 is 0 Å². The van der Waals surface area contributed by atoms with E-state index in [1.54, 1.807) is 12.1 Å². The normalized spacial score (nSPS) is 20.9. The van der Waals surface area contributed by atoms with E-state index in [-0.39, 0.29) is 12.3 Å². The summed E-state index contributed by atoms with van der Waals surface area (Å²) in [7, 11) is -3.48. The van der Waals surface area contributed by atoms with Gasteiger partial charge in [0.15, 0.2) is 0 Å². The van der Waals surface area contributed by atoms with Crippen LogP contribution in [0.4, 0.5) is 0 Å². The maximum atomic E-state index is 12.3. The van der Waals surface area contributed by atoms with Gasteiger partial charge in [-0.25, -0.2) is 13.1 Å². The molecule has 2 aromatic rings. The minimum absolute atomic E-state index is 0.0131. The highest BCUT2D eigenvalue weighted by Gasteiger charge is 2.35. The third kappa shape index (κ3) is 3.80. The number of aliphatic hydroxyl groups is 1. The standard InChI is InChI=1S/C18H21NO3S/c20-18(12-6-10-16-9-4-5-11-17(16)18)14-19-23(21,22)13-15-7-2-1-3-8-15/h1-5,7-9,11,19-20H,6,10,12-14H2. The molecular formula is C18H21NO3S. The SMILES string of the molecule is O=S(=O)(Cc1ccccc1)NCC1(O)CCCc2ccccc21. The molecule has 0 fully saturated rings. The first kappa shape index (κ1) is 16.2. The molecular weight excluding hydrogens is 310 g/mol. The van der Waals surface area contributed by atoms with Crippen LogP contribution in [0.1, 0.15) is 29.5 Å². The van der Waals surface area contributed by atoms with Crippen molar-refractivity contribution >= 4 is 10.0 Å². The van der Waals surface area contributed by atoms with Crippen molar-refractivity contribution < 1.29 is 13.5 Å². The van der Waals surface area contributed by atoms with Crippen LogP contribution in [0.2, 0.25) is 0 Å². The average Bonchev–Trinajstić information content (AvgIpc) is 2.54. The van der Waals surface area contributed by atoms with Crippen LogP contribution in [0, 0.1) is 0 Å². The minimum Gasteiger partial charge on any atom is -0.384 e. The molecule has 3 rings (SSSR count). The summed E-state index contributed by atoms with van der Waals surface area (Å²) >= 11 is 0. The van der Waals surface area contributed by atoms with Gasteiger partial charge >= 0.3 is 0 Å². The Morgan fingerprint density at radius 3 is 2.52 bits per heavy atom. The van der Waals surface area contributed by atoms with Gasteiger partial charge in [-0.3, -0.25) is 0 Å². The van der Waals surface area contributed by atoms with Crippen molar-refractivity contribution in [3.63, 3.8) is 0 Å². The Labute approximate surface area is 137 Å². The summed E-state index contributed by atoms with van der Waals surface area (Å²) < 4.78 is 27.1. The van der Waals surface area contributed by atoms with Crippen LogP contribution < -0.4 is 4.72 Å². The van der Waals surface area contributed by atoms with E-state index in [1.807, 2.05) is 42.5 Å². The molecule has 2 N–H and O–H groups in total. The molecule has 23 heavy (non-hydrogen) atoms. The van der Waals surface area contributed by atoms with Gasteiger partial charge in [-0.1, -0.05) is 54.6 Å². The van der Waals surface area contributed by atoms with Gasteiger partial charge in [0.2, 0.25) is 10.0 Å². The summed E-state index contributed by atoms with van der Waals surface area (Å²) in [4.78, 5) is 0. The van der Waals surface area contributed by atoms with Gasteiger partial charge in [0, 0.05) is 6.54 Å². The van der Waals surface area contributed by atoms with Crippen LogP contribution in [0.15, 0.2) is 54.6 Å². The lowest BCUT2D eigenvalue weighted by molar-refractivity contribution is 0.0243. The lowest BCUT2D eigenvalue weighted by Crippen LogP contribution is -2.43. The van der Waals surface area contributed by atoms with E-state index in [4.69, 9.17) is 0 Å². The van der Waals surface area contributed by atoms with E-state index in [2.05, 4.69) is 4.72 Å². The molecule has 2 aromatic carbocycles. The van der Waals surface area contributed by atoms with E-state index < -0.39 is 15.6 Å². The number of hydrogen-bond donors (Lipinski definition) is 2. The smallest absolute Gasteiger partial charge is 0.215 e. The first-order chi connectivity index (χ1) is 11.0. The van der Waals surface area contributed by atoms with Crippen LogP contribution in [0.3, 0.4) is 0 Å². The second kappa shape index (κ2) is 6.43. The Bertz CT molecular complexity index is 774. The molecule has 0 bridgehead atoms. The fourth-order valence-corrected chi connectivity index (χ4v) is 4.35. The van der Waals surface area contributed by atoms with Gasteiger partial charge in [0.1, 0.15) is 5.60 Å². The summed E-state index contributed by atoms with van der Waals surface area (Å²) in [6.07, 6.45) is 2.35. The number of rotatable bonds is 5. The number of hydrogen-bond acceptors (Lipinski definition) is 3. The van der Waals surface area contributed by atoms with Gasteiger partial charge in [0.05, 0.1) is 5.75 Å². The summed E-state index contributed by atoms with van der Waals surface area (Å²) in [5.74, 6) is -0.0778. The van der Waals surface area contributed by atoms with Crippen molar-refractivity contribution in [2.75, 3.05) is 6.54 Å². The largest absolute Gasteiger partial charge is 0.384 e. The van der Waals surface area contributed by atoms with E-state index in [0.29, 0.717) is 6.42 Å². The lowest BCUT2D eigenvalue weighted by Gasteiger charge is -2.34. The maximum absolute atomic E-state index is 12.3. The molecule has 0 amide bonds. The maximum Gasteiger partial charge on any atom is 0.215 e. The van der Waals surface area contributed by atoms with Crippen LogP contribution in [-0.4, -0.2) is 20.1 Å². The molecule has 0 aromatic heterocycles. The first-order valence-electron chi connectivity index (χ1n) is 7.81. The van der Waals surface area contributed by atoms with Crippen LogP contribution in [0.25, 0.3) is 0 Å². The number of aryl methyl sites for hydroxylation is 1. The lowest BCUT2D eigenvalue weighted by atomic mass is 9.79. The molecule has 0 aliphatic heterocycles. The Hall–Kier alpha value is -1.69. The topological polar surface area (TPSA) is 66.4 Å². The molecule has 1 aliphatic rings. The molecule has 5 heteroatoms. The van der Waals surface area contributed by atoms with E-state index in [9.17, 15) is 13.5 Å². The van der Waals surface area contributed by atoms with Crippen LogP contribution >= 0.6 is 0 Å². The number of benzene rings is 2. The monoisotopic (exact) mass is 331 g/mol. The molecule has 4 nitrogen and oxygen atoms in total. The predicted molar refractivity (Wildman–Crippen MR) is 90.3 cm³/mol. The molecule has 0 spiro atoms. The Morgan fingerprint density at radius 2 is 1.74 bits per heavy atom. The third-order valence-corrected chi connectivity index (χ3v) is 5.64. The van der Waals surface area contributed by atoms with E-state index in [1.165, 1.54) is 0 Å². The van der Waals surface area contributed by atoms with Gasteiger partial charge in [0.25, 0.3) is 0 Å². The molecule has 0 saturated heterocycles. The number of sulfonamides is 1. The van der Waals surface area contributed by atoms with Crippen molar-refractivity contribution in [2.24, 2.45) is 0 Å². The van der Waals surface area contributed by atoms with Crippen LogP contribution in [0.5, 0.6) is 0 Å². The fraction of sp³-hybridized carbons (Fsp3) is 0.333. The van der Waals surface area contributed by atoms with Crippen molar-refractivity contribution in [2.45, 2.75) is 30.6 Å². The van der Waals surface area contributed by atoms with Gasteiger partial charge in [-0.2, -0.15) is 0 Å². The highest BCUT2D eigenvalue weighted by atomic mass is 32.2. The van der Waals surface area contributed by atoms with Gasteiger partial charge < -0.3 is 5.11 Å². The van der Waals surface area contributed by atoms with Crippen molar-refractivity contribution in [3.05, 3.63) is 71.3 Å². The quantitative estimate of drug-likeness (QED) is 0.884. The Kier molecular flexibility index (Phi) is 4.53. The zero-order valence-electron chi connectivity index (χ0n) is 12.9. The minimum atomic E-state index is -3.48. The molecule has 1 aliphatic carbocycles.